The van der Waals surface area contributed by atoms with Gasteiger partial charge < -0.3 is 15.3 Å². The van der Waals surface area contributed by atoms with Crippen molar-refractivity contribution in [1.29, 1.82) is 0 Å². The van der Waals surface area contributed by atoms with Gasteiger partial charge in [-0.1, -0.05) is 0 Å². The summed E-state index contributed by atoms with van der Waals surface area (Å²) in [5.41, 5.74) is 4.47. The van der Waals surface area contributed by atoms with Crippen LogP contribution in [0.5, 0.6) is 0 Å². The fourth-order valence-electron chi connectivity index (χ4n) is 0. The Hall–Kier alpha value is -1.04. The van der Waals surface area contributed by atoms with Crippen LogP contribution in [0.3, 0.4) is 0 Å². The van der Waals surface area contributed by atoms with Crippen LogP contribution in [0.25, 0.3) is 0 Å². The van der Waals surface area contributed by atoms with Crippen molar-refractivity contribution < 1.29 is 19.1 Å². The van der Waals surface area contributed by atoms with Gasteiger partial charge in [-0.25, -0.2) is 4.79 Å². The molecule has 5 nitrogen and oxygen atoms in total. The molecule has 1 amide bonds. The van der Waals surface area contributed by atoms with Gasteiger partial charge in [-0.2, -0.15) is 0 Å². The van der Waals surface area contributed by atoms with Gasteiger partial charge in [0.05, 0.1) is 0 Å². The Morgan fingerprint density at radius 2 is 1.78 bits per heavy atom. The minimum atomic E-state index is -0.833. The molecule has 54 valence electrons. The number of hydrogen-bond donors (Lipinski definition) is 2. The Kier molecular flexibility index (Phi) is 8.39. The van der Waals surface area contributed by atoms with E-state index in [1.165, 1.54) is 0 Å². The Labute approximate surface area is 55.3 Å². The highest BCUT2D eigenvalue weighted by atomic mass is 28.2. The van der Waals surface area contributed by atoms with Crippen molar-refractivity contribution in [3.63, 3.8) is 0 Å². The van der Waals surface area contributed by atoms with Gasteiger partial charge in [0.25, 0.3) is 5.97 Å². The van der Waals surface area contributed by atoms with E-state index in [4.69, 9.17) is 9.90 Å². The van der Waals surface area contributed by atoms with Crippen LogP contribution in [0.15, 0.2) is 0 Å². The number of carboxylic acid groups (broad SMARTS) is 1. The molecular formula is C3H9NO4Si. The van der Waals surface area contributed by atoms with E-state index in [0.29, 0.717) is 10.5 Å². The highest BCUT2D eigenvalue weighted by Crippen LogP contribution is 1.53. The zero-order valence-corrected chi connectivity index (χ0v) is 7.25. The van der Waals surface area contributed by atoms with Gasteiger partial charge in [-0.05, 0) is 0 Å². The van der Waals surface area contributed by atoms with Crippen molar-refractivity contribution in [2.45, 2.75) is 6.92 Å². The number of carboxylic acids is 1. The first-order chi connectivity index (χ1) is 4.00. The Balaban J connectivity index is 0. The number of nitrogens with two attached hydrogens (primary N) is 1. The molecule has 9 heavy (non-hydrogen) atoms. The van der Waals surface area contributed by atoms with Crippen LogP contribution in [0.1, 0.15) is 6.92 Å². The van der Waals surface area contributed by atoms with E-state index in [2.05, 4.69) is 10.2 Å². The second kappa shape index (κ2) is 6.96. The zero-order chi connectivity index (χ0) is 7.86. The van der Waals surface area contributed by atoms with Gasteiger partial charge in [0, 0.05) is 6.92 Å². The first-order valence-corrected chi connectivity index (χ1v) is 2.85. The summed E-state index contributed by atoms with van der Waals surface area (Å²) in [6.07, 6.45) is -0.684. The molecule has 0 rings (SSSR count). The van der Waals surface area contributed by atoms with Crippen LogP contribution in [0.2, 0.25) is 0 Å². The number of primary amides is 1. The number of hydrogen-bond acceptors (Lipinski definition) is 3. The van der Waals surface area contributed by atoms with Crippen molar-refractivity contribution in [3.8, 4) is 0 Å². The van der Waals surface area contributed by atoms with Gasteiger partial charge in [-0.15, -0.1) is 0 Å². The lowest BCUT2D eigenvalue weighted by atomic mass is 10.9. The van der Waals surface area contributed by atoms with Crippen molar-refractivity contribution in [2.75, 3.05) is 0 Å². The van der Waals surface area contributed by atoms with Crippen LogP contribution in [-0.4, -0.2) is 27.7 Å². The van der Waals surface area contributed by atoms with Crippen molar-refractivity contribution in [2.24, 2.45) is 5.73 Å². The zero-order valence-electron chi connectivity index (χ0n) is 5.25. The molecule has 0 radical (unpaired) electrons. The molecular weight excluding hydrogens is 142 g/mol. The molecule has 0 saturated heterocycles. The largest absolute Gasteiger partial charge is 0.513 e. The van der Waals surface area contributed by atoms with E-state index in [1.54, 1.807) is 0 Å². The molecule has 0 spiro atoms. The highest BCUT2D eigenvalue weighted by molar-refractivity contribution is 6.04. The maximum atomic E-state index is 9.40. The molecule has 0 bridgehead atoms. The van der Waals surface area contributed by atoms with Crippen molar-refractivity contribution in [3.05, 3.63) is 0 Å². The molecule has 0 heterocycles. The Bertz CT molecular complexity index is 100.0. The van der Waals surface area contributed by atoms with E-state index in [1.807, 2.05) is 0 Å². The van der Waals surface area contributed by atoms with Crippen LogP contribution in [-0.2, 0) is 9.22 Å². The molecule has 0 aromatic rings. The highest BCUT2D eigenvalue weighted by Gasteiger charge is 1.75. The minimum Gasteiger partial charge on any atom is -0.513 e. The summed E-state index contributed by atoms with van der Waals surface area (Å²) in [7, 11) is 0.399. The van der Waals surface area contributed by atoms with Crippen LogP contribution in [0.4, 0.5) is 4.79 Å². The Morgan fingerprint density at radius 1 is 1.67 bits per heavy atom. The van der Waals surface area contributed by atoms with E-state index < -0.39 is 12.1 Å². The van der Waals surface area contributed by atoms with E-state index in [9.17, 15) is 4.79 Å². The quantitative estimate of drug-likeness (QED) is 0.410. The molecule has 0 saturated carbocycles. The van der Waals surface area contributed by atoms with Crippen LogP contribution < -0.4 is 5.73 Å². The average Bonchev–Trinajstić information content (AvgIpc) is 1.65. The molecule has 0 aromatic heterocycles. The topological polar surface area (TPSA) is 89.6 Å². The number of aliphatic carboxylic acids is 1. The lowest BCUT2D eigenvalue weighted by molar-refractivity contribution is -0.134. The molecule has 0 fully saturated rings. The maximum Gasteiger partial charge on any atom is 0.390 e. The number of carbonyl (C=O) groups excluding carboxylic acids is 1. The number of rotatable bonds is 0. The van der Waals surface area contributed by atoms with Crippen LogP contribution in [0, 0.1) is 0 Å². The molecule has 6 heteroatoms. The molecule has 0 aliphatic carbocycles. The van der Waals surface area contributed by atoms with E-state index in [-0.39, 0.29) is 0 Å². The smallest absolute Gasteiger partial charge is 0.390 e. The normalized spacial score (nSPS) is 6.78. The molecule has 0 unspecified atom stereocenters. The lowest BCUT2D eigenvalue weighted by Crippen LogP contribution is -2.09. The predicted octanol–water partition coefficient (Wildman–Crippen LogP) is -1.55. The third-order valence-electron chi connectivity index (χ3n) is 0.201. The second-order valence-electron chi connectivity index (χ2n) is 1.04. The van der Waals surface area contributed by atoms with Gasteiger partial charge in [-0.3, -0.25) is 4.79 Å². The third kappa shape index (κ3) is 187. The molecule has 0 aromatic carbocycles. The summed E-state index contributed by atoms with van der Waals surface area (Å²) in [5.74, 6) is -0.833. The number of carbonyl (C=O) groups is 2. The molecule has 0 aliphatic rings. The van der Waals surface area contributed by atoms with Crippen LogP contribution >= 0.6 is 0 Å². The van der Waals surface area contributed by atoms with Crippen molar-refractivity contribution >= 4 is 22.5 Å². The van der Waals surface area contributed by atoms with Gasteiger partial charge >= 0.3 is 6.09 Å². The predicted molar refractivity (Wildman–Crippen MR) is 33.9 cm³/mol. The Morgan fingerprint density at radius 3 is 1.78 bits per heavy atom. The molecule has 0 atom stereocenters. The average molecular weight is 151 g/mol. The SMILES string of the molecule is CC(=O)O.NC(=O)O[SiH3]. The first kappa shape index (κ1) is 10.9. The summed E-state index contributed by atoms with van der Waals surface area (Å²) in [4.78, 5) is 18.4. The summed E-state index contributed by atoms with van der Waals surface area (Å²) in [6.45, 7) is 1.08. The molecule has 0 aliphatic heterocycles. The van der Waals surface area contributed by atoms with Gasteiger partial charge in [0.1, 0.15) is 0 Å². The third-order valence-corrected chi connectivity index (χ3v) is 0.604. The second-order valence-corrected chi connectivity index (χ2v) is 1.45. The van der Waals surface area contributed by atoms with Crippen molar-refractivity contribution in [1.82, 2.24) is 0 Å². The monoisotopic (exact) mass is 151 g/mol. The number of amides is 1. The van der Waals surface area contributed by atoms with E-state index in [0.717, 1.165) is 6.92 Å². The van der Waals surface area contributed by atoms with E-state index >= 15 is 0 Å². The standard InChI is InChI=1S/C2H4O2.CH5NO2Si/c1-2(3)4;2-1(3)4-5/h1H3,(H,3,4);5H3,(H2,2,3). The summed E-state index contributed by atoms with van der Waals surface area (Å²) in [6, 6.07) is 0. The fourth-order valence-corrected chi connectivity index (χ4v) is 0. The van der Waals surface area contributed by atoms with Gasteiger partial charge in [0.15, 0.2) is 0 Å². The minimum absolute atomic E-state index is 0.399. The first-order valence-electron chi connectivity index (χ1n) is 2.03. The fraction of sp³-hybridized carbons (Fsp3) is 0.333. The lowest BCUT2D eigenvalue weighted by Gasteiger charge is -1.82. The maximum absolute atomic E-state index is 9.40. The summed E-state index contributed by atoms with van der Waals surface area (Å²) >= 11 is 0. The van der Waals surface area contributed by atoms with Gasteiger partial charge in [0.2, 0.25) is 10.5 Å². The summed E-state index contributed by atoms with van der Waals surface area (Å²) < 4.78 is 4.03. The molecule has 3 N–H and O–H groups in total. The summed E-state index contributed by atoms with van der Waals surface area (Å²) in [5, 5.41) is 7.42.